The zero-order valence-electron chi connectivity index (χ0n) is 27.7. The highest BCUT2D eigenvalue weighted by atomic mass is 32.1. The summed E-state index contributed by atoms with van der Waals surface area (Å²) >= 11 is 1.86. The van der Waals surface area contributed by atoms with Crippen molar-refractivity contribution >= 4 is 92.1 Å². The van der Waals surface area contributed by atoms with E-state index >= 15 is 0 Å². The maximum absolute atomic E-state index is 6.76. The van der Waals surface area contributed by atoms with E-state index in [0.29, 0.717) is 0 Å². The highest BCUT2D eigenvalue weighted by Gasteiger charge is 2.35. The maximum atomic E-state index is 6.76. The predicted octanol–water partition coefficient (Wildman–Crippen LogP) is 14.0. The Balaban J connectivity index is 1.20. The second-order valence-electron chi connectivity index (χ2n) is 14.1. The van der Waals surface area contributed by atoms with Gasteiger partial charge in [-0.25, -0.2) is 0 Å². The Kier molecular flexibility index (Phi) is 5.64. The van der Waals surface area contributed by atoms with E-state index in [1.54, 1.807) is 0 Å². The summed E-state index contributed by atoms with van der Waals surface area (Å²) in [6, 6.07) is 55.6. The van der Waals surface area contributed by atoms with E-state index in [9.17, 15) is 0 Å². The second kappa shape index (κ2) is 10.1. The van der Waals surface area contributed by atoms with Gasteiger partial charge in [0.1, 0.15) is 11.2 Å². The number of benzene rings is 8. The van der Waals surface area contributed by atoms with Crippen molar-refractivity contribution < 1.29 is 4.42 Å². The lowest BCUT2D eigenvalue weighted by atomic mass is 9.82. The molecule has 1 aliphatic rings. The summed E-state index contributed by atoms with van der Waals surface area (Å²) in [5, 5.41) is 9.75. The average molecular weight is 658 g/mol. The highest BCUT2D eigenvalue weighted by molar-refractivity contribution is 7.27. The van der Waals surface area contributed by atoms with Crippen LogP contribution >= 0.6 is 11.3 Å². The Morgan fingerprint density at radius 1 is 0.500 bits per heavy atom. The van der Waals surface area contributed by atoms with Crippen LogP contribution in [-0.2, 0) is 5.41 Å². The Morgan fingerprint density at radius 2 is 1.16 bits per heavy atom. The first-order valence-corrected chi connectivity index (χ1v) is 18.1. The Hall–Kier alpha value is -5.90. The van der Waals surface area contributed by atoms with Crippen molar-refractivity contribution in [3.05, 3.63) is 163 Å². The zero-order valence-corrected chi connectivity index (χ0v) is 28.5. The molecule has 1 aliphatic carbocycles. The number of furan rings is 1. The molecule has 0 spiro atoms. The molecule has 0 saturated carbocycles. The molecular weight excluding hydrogens is 627 g/mol. The Bertz CT molecular complexity index is 3030. The molecule has 0 aliphatic heterocycles. The lowest BCUT2D eigenvalue weighted by molar-refractivity contribution is 0.660. The van der Waals surface area contributed by atoms with Crippen molar-refractivity contribution in [1.82, 2.24) is 0 Å². The SMILES string of the molecule is CC1(C)c2ccccc2-c2ccc(N(c3ccc4ccccc4c3)c3ccc4sc5c6ccccc6c6c7ccccc7oc6c5c4c3)cc21. The van der Waals surface area contributed by atoms with E-state index in [0.717, 1.165) is 33.6 Å². The summed E-state index contributed by atoms with van der Waals surface area (Å²) in [7, 11) is 0. The van der Waals surface area contributed by atoms with Crippen LogP contribution in [0.4, 0.5) is 17.1 Å². The molecule has 0 bridgehead atoms. The monoisotopic (exact) mass is 657 g/mol. The molecule has 2 heterocycles. The summed E-state index contributed by atoms with van der Waals surface area (Å²) in [4.78, 5) is 2.44. The van der Waals surface area contributed by atoms with E-state index in [4.69, 9.17) is 4.42 Å². The number of rotatable bonds is 3. The molecule has 0 atom stereocenters. The third-order valence-electron chi connectivity index (χ3n) is 11.0. The summed E-state index contributed by atoms with van der Waals surface area (Å²) < 4.78 is 9.28. The standard InChI is InChI=1S/C47H31NOS/c1-47(2)39-17-9-7-13-33(39)34-23-21-32(27-40(34)47)48(30-20-19-28-11-3-4-12-29(28)25-30)31-22-24-42-38(26-31)44-45-43(37-16-8-10-18-41(37)49-45)35-14-5-6-15-36(35)46(44)50-42/h3-27H,1-2H3. The van der Waals surface area contributed by atoms with Crippen LogP contribution in [0.1, 0.15) is 25.0 Å². The number of nitrogens with zero attached hydrogens (tertiary/aromatic N) is 1. The summed E-state index contributed by atoms with van der Waals surface area (Å²) in [6.45, 7) is 4.71. The lowest BCUT2D eigenvalue weighted by Crippen LogP contribution is -2.16. The fourth-order valence-electron chi connectivity index (χ4n) is 8.62. The van der Waals surface area contributed by atoms with Gasteiger partial charge in [-0.1, -0.05) is 117 Å². The van der Waals surface area contributed by atoms with Crippen LogP contribution in [-0.4, -0.2) is 0 Å². The summed E-state index contributed by atoms with van der Waals surface area (Å²) in [5.41, 5.74) is 10.6. The number of hydrogen-bond acceptors (Lipinski definition) is 3. The molecule has 0 unspecified atom stereocenters. The average Bonchev–Trinajstić information content (AvgIpc) is 3.80. The minimum Gasteiger partial charge on any atom is -0.455 e. The van der Waals surface area contributed by atoms with E-state index in [-0.39, 0.29) is 5.41 Å². The van der Waals surface area contributed by atoms with Gasteiger partial charge >= 0.3 is 0 Å². The largest absolute Gasteiger partial charge is 0.455 e. The molecule has 0 saturated heterocycles. The molecule has 11 rings (SSSR count). The van der Waals surface area contributed by atoms with Crippen molar-refractivity contribution in [1.29, 1.82) is 0 Å². The zero-order chi connectivity index (χ0) is 33.1. The molecular formula is C47H31NOS. The van der Waals surface area contributed by atoms with Crippen molar-refractivity contribution in [3.8, 4) is 11.1 Å². The van der Waals surface area contributed by atoms with Gasteiger partial charge in [0.05, 0.1) is 0 Å². The van der Waals surface area contributed by atoms with E-state index in [2.05, 4.69) is 170 Å². The van der Waals surface area contributed by atoms with Crippen LogP contribution < -0.4 is 4.90 Å². The van der Waals surface area contributed by atoms with Gasteiger partial charge in [-0.15, -0.1) is 11.3 Å². The van der Waals surface area contributed by atoms with Gasteiger partial charge in [-0.3, -0.25) is 0 Å². The van der Waals surface area contributed by atoms with Crippen molar-refractivity contribution in [2.24, 2.45) is 0 Å². The molecule has 0 N–H and O–H groups in total. The van der Waals surface area contributed by atoms with Crippen molar-refractivity contribution in [2.45, 2.75) is 19.3 Å². The van der Waals surface area contributed by atoms with Crippen LogP contribution in [0.5, 0.6) is 0 Å². The maximum Gasteiger partial charge on any atom is 0.145 e. The molecule has 2 aromatic heterocycles. The van der Waals surface area contributed by atoms with E-state index in [1.165, 1.54) is 69.4 Å². The number of hydrogen-bond donors (Lipinski definition) is 0. The summed E-state index contributed by atoms with van der Waals surface area (Å²) in [6.07, 6.45) is 0. The highest BCUT2D eigenvalue weighted by Crippen LogP contribution is 2.52. The smallest absolute Gasteiger partial charge is 0.145 e. The first-order chi connectivity index (χ1) is 24.5. The number of anilines is 3. The van der Waals surface area contributed by atoms with E-state index in [1.807, 2.05) is 11.3 Å². The fraction of sp³-hybridized carbons (Fsp3) is 0.0638. The number of fused-ring (bicyclic) bond motifs is 14. The Labute approximate surface area is 293 Å². The van der Waals surface area contributed by atoms with Crippen molar-refractivity contribution in [2.75, 3.05) is 4.90 Å². The number of para-hydroxylation sites is 1. The molecule has 8 aromatic carbocycles. The number of thiophene rings is 1. The van der Waals surface area contributed by atoms with Crippen molar-refractivity contribution in [3.63, 3.8) is 0 Å². The quantitative estimate of drug-likeness (QED) is 0.188. The second-order valence-corrected chi connectivity index (χ2v) is 15.2. The Morgan fingerprint density at radius 3 is 2.06 bits per heavy atom. The third kappa shape index (κ3) is 3.78. The molecule has 236 valence electrons. The molecule has 0 radical (unpaired) electrons. The van der Waals surface area contributed by atoms with E-state index < -0.39 is 0 Å². The summed E-state index contributed by atoms with van der Waals surface area (Å²) in [5.74, 6) is 0. The van der Waals surface area contributed by atoms with Crippen LogP contribution in [0.25, 0.3) is 74.8 Å². The molecule has 3 heteroatoms. The normalized spacial score (nSPS) is 13.6. The van der Waals surface area contributed by atoms with Crippen LogP contribution in [0.2, 0.25) is 0 Å². The molecule has 0 fully saturated rings. The minimum absolute atomic E-state index is 0.0987. The first kappa shape index (κ1) is 28.0. The van der Waals surface area contributed by atoms with Gasteiger partial charge in [0.25, 0.3) is 0 Å². The predicted molar refractivity (Wildman–Crippen MR) is 214 cm³/mol. The van der Waals surface area contributed by atoms with Gasteiger partial charge in [0.2, 0.25) is 0 Å². The van der Waals surface area contributed by atoms with Gasteiger partial charge < -0.3 is 9.32 Å². The third-order valence-corrected chi connectivity index (χ3v) is 12.2. The van der Waals surface area contributed by atoms with Crippen LogP contribution in [0, 0.1) is 0 Å². The molecule has 10 aromatic rings. The molecule has 0 amide bonds. The fourth-order valence-corrected chi connectivity index (χ4v) is 9.84. The van der Waals surface area contributed by atoms with Crippen LogP contribution in [0.15, 0.2) is 156 Å². The minimum atomic E-state index is -0.0987. The van der Waals surface area contributed by atoms with Gasteiger partial charge in [-0.05, 0) is 86.9 Å². The van der Waals surface area contributed by atoms with Gasteiger partial charge in [0.15, 0.2) is 0 Å². The topological polar surface area (TPSA) is 16.4 Å². The first-order valence-electron chi connectivity index (χ1n) is 17.3. The van der Waals surface area contributed by atoms with Crippen LogP contribution in [0.3, 0.4) is 0 Å². The van der Waals surface area contributed by atoms with Gasteiger partial charge in [0, 0.05) is 58.8 Å². The van der Waals surface area contributed by atoms with Gasteiger partial charge in [-0.2, -0.15) is 0 Å². The molecule has 2 nitrogen and oxygen atoms in total. The molecule has 50 heavy (non-hydrogen) atoms. The lowest BCUT2D eigenvalue weighted by Gasteiger charge is -2.28.